The third kappa shape index (κ3) is 3.01. The van der Waals surface area contributed by atoms with Crippen molar-refractivity contribution in [2.24, 2.45) is 18.7 Å². The molecule has 1 aromatic heterocycles. The van der Waals surface area contributed by atoms with Crippen LogP contribution in [0.2, 0.25) is 0 Å². The standard InChI is InChI=1S/C14H19N5O.ClH/c1-19-13-6-5-9(7-12(13)17-18-19)14(20)16-11-4-2-3-10(11)8-15;/h5-7,10-11H,2-4,8,15H2,1H3,(H,16,20);1H. The van der Waals surface area contributed by atoms with Gasteiger partial charge in [-0.15, -0.1) is 17.5 Å². The number of aryl methyl sites for hydroxylation is 1. The van der Waals surface area contributed by atoms with E-state index in [0.29, 0.717) is 18.0 Å². The van der Waals surface area contributed by atoms with Gasteiger partial charge in [-0.1, -0.05) is 11.6 Å². The van der Waals surface area contributed by atoms with Gasteiger partial charge in [0.15, 0.2) is 0 Å². The Kier molecular flexibility index (Phi) is 4.80. The first-order valence-corrected chi connectivity index (χ1v) is 6.99. The fraction of sp³-hybridized carbons (Fsp3) is 0.500. The van der Waals surface area contributed by atoms with Crippen LogP contribution in [-0.4, -0.2) is 33.5 Å². The average Bonchev–Trinajstić information content (AvgIpc) is 3.05. The van der Waals surface area contributed by atoms with Gasteiger partial charge >= 0.3 is 0 Å². The third-order valence-electron chi connectivity index (χ3n) is 4.15. The van der Waals surface area contributed by atoms with Gasteiger partial charge < -0.3 is 11.1 Å². The molecule has 1 heterocycles. The molecule has 1 aromatic carbocycles. The maximum atomic E-state index is 12.3. The second-order valence-electron chi connectivity index (χ2n) is 5.42. The Morgan fingerprint density at radius 1 is 1.48 bits per heavy atom. The normalized spacial score (nSPS) is 21.2. The minimum Gasteiger partial charge on any atom is -0.349 e. The summed E-state index contributed by atoms with van der Waals surface area (Å²) in [4.78, 5) is 12.3. The molecule has 21 heavy (non-hydrogen) atoms. The average molecular weight is 310 g/mol. The predicted molar refractivity (Wildman–Crippen MR) is 83.4 cm³/mol. The molecule has 1 amide bonds. The highest BCUT2D eigenvalue weighted by Gasteiger charge is 2.27. The SMILES string of the molecule is Cl.Cn1nnc2cc(C(=O)NC3CCCC3CN)ccc21. The van der Waals surface area contributed by atoms with E-state index in [-0.39, 0.29) is 24.4 Å². The summed E-state index contributed by atoms with van der Waals surface area (Å²) in [5, 5.41) is 11.1. The van der Waals surface area contributed by atoms with E-state index in [1.807, 2.05) is 19.2 Å². The molecule has 3 rings (SSSR count). The molecule has 2 atom stereocenters. The molecule has 6 nitrogen and oxygen atoms in total. The van der Waals surface area contributed by atoms with Gasteiger partial charge in [-0.25, -0.2) is 4.68 Å². The molecule has 1 fully saturated rings. The van der Waals surface area contributed by atoms with Gasteiger partial charge in [0.1, 0.15) is 5.52 Å². The van der Waals surface area contributed by atoms with Gasteiger partial charge in [0.25, 0.3) is 5.91 Å². The predicted octanol–water partition coefficient (Wildman–Crippen LogP) is 1.25. The fourth-order valence-electron chi connectivity index (χ4n) is 2.94. The topological polar surface area (TPSA) is 85.8 Å². The van der Waals surface area contributed by atoms with E-state index in [1.54, 1.807) is 10.7 Å². The largest absolute Gasteiger partial charge is 0.349 e. The summed E-state index contributed by atoms with van der Waals surface area (Å²) in [5.41, 5.74) is 8.03. The zero-order valence-corrected chi connectivity index (χ0v) is 12.8. The number of hydrogen-bond acceptors (Lipinski definition) is 4. The second kappa shape index (κ2) is 6.41. The van der Waals surface area contributed by atoms with Gasteiger partial charge in [-0.05, 0) is 43.5 Å². The van der Waals surface area contributed by atoms with Crippen molar-refractivity contribution in [3.05, 3.63) is 23.8 Å². The molecular weight excluding hydrogens is 290 g/mol. The molecule has 0 radical (unpaired) electrons. The molecule has 114 valence electrons. The van der Waals surface area contributed by atoms with Crippen LogP contribution in [0.5, 0.6) is 0 Å². The minimum absolute atomic E-state index is 0. The molecule has 0 aliphatic heterocycles. The van der Waals surface area contributed by atoms with Crippen LogP contribution in [0.25, 0.3) is 11.0 Å². The molecule has 2 unspecified atom stereocenters. The zero-order chi connectivity index (χ0) is 14.1. The van der Waals surface area contributed by atoms with Crippen molar-refractivity contribution in [2.75, 3.05) is 6.54 Å². The van der Waals surface area contributed by atoms with Gasteiger partial charge in [-0.3, -0.25) is 4.79 Å². The Labute approximate surface area is 129 Å². The van der Waals surface area contributed by atoms with Crippen LogP contribution in [0.1, 0.15) is 29.6 Å². The lowest BCUT2D eigenvalue weighted by Gasteiger charge is -2.19. The van der Waals surface area contributed by atoms with Crippen LogP contribution in [-0.2, 0) is 7.05 Å². The van der Waals surface area contributed by atoms with Gasteiger partial charge in [0.2, 0.25) is 0 Å². The molecule has 1 aliphatic carbocycles. The highest BCUT2D eigenvalue weighted by molar-refractivity contribution is 5.97. The van der Waals surface area contributed by atoms with Crippen LogP contribution in [0.15, 0.2) is 18.2 Å². The number of hydrogen-bond donors (Lipinski definition) is 2. The maximum absolute atomic E-state index is 12.3. The van der Waals surface area contributed by atoms with E-state index in [1.165, 1.54) is 0 Å². The monoisotopic (exact) mass is 309 g/mol. The number of amides is 1. The van der Waals surface area contributed by atoms with Crippen molar-refractivity contribution < 1.29 is 4.79 Å². The molecule has 3 N–H and O–H groups in total. The van der Waals surface area contributed by atoms with E-state index >= 15 is 0 Å². The Bertz CT molecular complexity index is 641. The lowest BCUT2D eigenvalue weighted by atomic mass is 10.0. The second-order valence-corrected chi connectivity index (χ2v) is 5.42. The molecule has 0 bridgehead atoms. The number of halogens is 1. The van der Waals surface area contributed by atoms with Crippen molar-refractivity contribution in [2.45, 2.75) is 25.3 Å². The Morgan fingerprint density at radius 3 is 3.05 bits per heavy atom. The Balaban J connectivity index is 0.00000161. The van der Waals surface area contributed by atoms with Crippen molar-refractivity contribution in [1.29, 1.82) is 0 Å². The highest BCUT2D eigenvalue weighted by Crippen LogP contribution is 2.25. The molecule has 7 heteroatoms. The zero-order valence-electron chi connectivity index (χ0n) is 12.0. The van der Waals surface area contributed by atoms with Crippen LogP contribution >= 0.6 is 12.4 Å². The molecule has 1 saturated carbocycles. The number of aromatic nitrogens is 3. The Hall–Kier alpha value is -1.66. The lowest BCUT2D eigenvalue weighted by molar-refractivity contribution is 0.0929. The number of carbonyl (C=O) groups excluding carboxylic acids is 1. The van der Waals surface area contributed by atoms with E-state index in [2.05, 4.69) is 15.6 Å². The van der Waals surface area contributed by atoms with Crippen LogP contribution < -0.4 is 11.1 Å². The summed E-state index contributed by atoms with van der Waals surface area (Å²) in [7, 11) is 1.83. The molecular formula is C14H20ClN5O. The molecule has 0 spiro atoms. The summed E-state index contributed by atoms with van der Waals surface area (Å²) in [6.07, 6.45) is 3.25. The van der Waals surface area contributed by atoms with Gasteiger partial charge in [0, 0.05) is 18.7 Å². The van der Waals surface area contributed by atoms with E-state index in [9.17, 15) is 4.79 Å². The summed E-state index contributed by atoms with van der Waals surface area (Å²) >= 11 is 0. The van der Waals surface area contributed by atoms with Crippen molar-refractivity contribution in [3.8, 4) is 0 Å². The molecule has 2 aromatic rings. The quantitative estimate of drug-likeness (QED) is 0.893. The van der Waals surface area contributed by atoms with E-state index < -0.39 is 0 Å². The lowest BCUT2D eigenvalue weighted by Crippen LogP contribution is -2.39. The first kappa shape index (κ1) is 15.7. The fourth-order valence-corrected chi connectivity index (χ4v) is 2.94. The van der Waals surface area contributed by atoms with Crippen LogP contribution in [0, 0.1) is 5.92 Å². The first-order valence-electron chi connectivity index (χ1n) is 6.99. The number of nitrogens with one attached hydrogen (secondary N) is 1. The Morgan fingerprint density at radius 2 is 2.29 bits per heavy atom. The smallest absolute Gasteiger partial charge is 0.251 e. The van der Waals surface area contributed by atoms with E-state index in [0.717, 1.165) is 30.3 Å². The number of nitrogens with two attached hydrogens (primary N) is 1. The van der Waals surface area contributed by atoms with Crippen LogP contribution in [0.4, 0.5) is 0 Å². The number of benzene rings is 1. The summed E-state index contributed by atoms with van der Waals surface area (Å²) in [6.45, 7) is 0.633. The summed E-state index contributed by atoms with van der Waals surface area (Å²) in [6, 6.07) is 5.67. The van der Waals surface area contributed by atoms with Crippen molar-refractivity contribution >= 4 is 29.3 Å². The summed E-state index contributed by atoms with van der Waals surface area (Å²) in [5.74, 6) is 0.349. The van der Waals surface area contributed by atoms with Crippen molar-refractivity contribution in [3.63, 3.8) is 0 Å². The highest BCUT2D eigenvalue weighted by atomic mass is 35.5. The minimum atomic E-state index is -0.0529. The third-order valence-corrected chi connectivity index (χ3v) is 4.15. The van der Waals surface area contributed by atoms with Crippen LogP contribution in [0.3, 0.4) is 0 Å². The van der Waals surface area contributed by atoms with Gasteiger partial charge in [-0.2, -0.15) is 0 Å². The first-order chi connectivity index (χ1) is 9.69. The summed E-state index contributed by atoms with van der Waals surface area (Å²) < 4.78 is 1.69. The molecule has 0 saturated heterocycles. The number of nitrogens with zero attached hydrogens (tertiary/aromatic N) is 3. The number of carbonyl (C=O) groups is 1. The van der Waals surface area contributed by atoms with E-state index in [4.69, 9.17) is 5.73 Å². The maximum Gasteiger partial charge on any atom is 0.251 e. The number of rotatable bonds is 3. The van der Waals surface area contributed by atoms with Crippen molar-refractivity contribution in [1.82, 2.24) is 20.3 Å². The molecule has 1 aliphatic rings. The van der Waals surface area contributed by atoms with Gasteiger partial charge in [0.05, 0.1) is 5.52 Å². The number of fused-ring (bicyclic) bond motifs is 1.